The van der Waals surface area contributed by atoms with Gasteiger partial charge in [-0.25, -0.2) is 9.78 Å². The second-order valence-electron chi connectivity index (χ2n) is 4.90. The standard InChI is InChI=1S/C14H20N2O2/c1-3-8-16(2)13-11(14(17)18)9-10-6-4-5-7-12(10)15-13/h9H,3-8H2,1-2H3,(H,17,18). The average Bonchev–Trinajstić information content (AvgIpc) is 2.37. The van der Waals surface area contributed by atoms with Crippen LogP contribution in [0.4, 0.5) is 5.82 Å². The molecule has 0 saturated carbocycles. The molecule has 1 aliphatic rings. The highest BCUT2D eigenvalue weighted by Crippen LogP contribution is 2.26. The molecule has 0 unspecified atom stereocenters. The predicted octanol–water partition coefficient (Wildman–Crippen LogP) is 2.50. The van der Waals surface area contributed by atoms with Gasteiger partial charge in [-0.3, -0.25) is 0 Å². The average molecular weight is 248 g/mol. The third kappa shape index (κ3) is 2.47. The molecule has 4 nitrogen and oxygen atoms in total. The summed E-state index contributed by atoms with van der Waals surface area (Å²) < 4.78 is 0. The molecule has 4 heteroatoms. The lowest BCUT2D eigenvalue weighted by Crippen LogP contribution is -2.23. The summed E-state index contributed by atoms with van der Waals surface area (Å²) in [7, 11) is 1.91. The Morgan fingerprint density at radius 1 is 1.44 bits per heavy atom. The van der Waals surface area contributed by atoms with Gasteiger partial charge in [0.1, 0.15) is 11.4 Å². The van der Waals surface area contributed by atoms with Gasteiger partial charge in [-0.05, 0) is 43.7 Å². The van der Waals surface area contributed by atoms with Crippen molar-refractivity contribution >= 4 is 11.8 Å². The number of fused-ring (bicyclic) bond motifs is 1. The molecule has 1 aromatic heterocycles. The molecule has 0 aliphatic heterocycles. The first kappa shape index (κ1) is 12.9. The van der Waals surface area contributed by atoms with Crippen LogP contribution in [-0.2, 0) is 12.8 Å². The zero-order valence-corrected chi connectivity index (χ0v) is 11.1. The Morgan fingerprint density at radius 2 is 2.17 bits per heavy atom. The maximum absolute atomic E-state index is 11.3. The molecule has 0 amide bonds. The summed E-state index contributed by atoms with van der Waals surface area (Å²) in [6, 6.07) is 1.82. The van der Waals surface area contributed by atoms with Gasteiger partial charge >= 0.3 is 5.97 Å². The molecule has 1 N–H and O–H groups in total. The summed E-state index contributed by atoms with van der Waals surface area (Å²) in [6.45, 7) is 2.90. The Labute approximate surface area is 108 Å². The quantitative estimate of drug-likeness (QED) is 0.889. The van der Waals surface area contributed by atoms with Crippen molar-refractivity contribution in [2.24, 2.45) is 0 Å². The van der Waals surface area contributed by atoms with Crippen LogP contribution in [0.15, 0.2) is 6.07 Å². The van der Waals surface area contributed by atoms with Crippen LogP contribution in [-0.4, -0.2) is 29.7 Å². The van der Waals surface area contributed by atoms with E-state index in [2.05, 4.69) is 11.9 Å². The molecule has 0 fully saturated rings. The lowest BCUT2D eigenvalue weighted by molar-refractivity contribution is 0.0697. The summed E-state index contributed by atoms with van der Waals surface area (Å²) >= 11 is 0. The van der Waals surface area contributed by atoms with Crippen molar-refractivity contribution in [2.45, 2.75) is 39.0 Å². The molecule has 1 aliphatic carbocycles. The Kier molecular flexibility index (Phi) is 3.84. The second kappa shape index (κ2) is 5.38. The first-order chi connectivity index (χ1) is 8.63. The van der Waals surface area contributed by atoms with E-state index in [1.807, 2.05) is 18.0 Å². The topological polar surface area (TPSA) is 53.4 Å². The molecule has 0 atom stereocenters. The van der Waals surface area contributed by atoms with E-state index in [-0.39, 0.29) is 0 Å². The number of hydrogen-bond acceptors (Lipinski definition) is 3. The van der Waals surface area contributed by atoms with Gasteiger partial charge in [-0.1, -0.05) is 6.92 Å². The molecule has 2 rings (SSSR count). The molecular weight excluding hydrogens is 228 g/mol. The van der Waals surface area contributed by atoms with Crippen molar-refractivity contribution < 1.29 is 9.90 Å². The van der Waals surface area contributed by atoms with Crippen LogP contribution in [0, 0.1) is 0 Å². The molecule has 0 radical (unpaired) electrons. The van der Waals surface area contributed by atoms with Gasteiger partial charge in [-0.2, -0.15) is 0 Å². The van der Waals surface area contributed by atoms with Crippen molar-refractivity contribution in [3.05, 3.63) is 22.9 Å². The normalized spacial score (nSPS) is 14.1. The molecular formula is C14H20N2O2. The number of aromatic carboxylic acids is 1. The third-order valence-electron chi connectivity index (χ3n) is 3.43. The Morgan fingerprint density at radius 3 is 2.83 bits per heavy atom. The molecule has 1 heterocycles. The first-order valence-electron chi connectivity index (χ1n) is 6.60. The van der Waals surface area contributed by atoms with Crippen molar-refractivity contribution in [3.8, 4) is 0 Å². The largest absolute Gasteiger partial charge is 0.478 e. The number of aryl methyl sites for hydroxylation is 2. The highest BCUT2D eigenvalue weighted by molar-refractivity contribution is 5.93. The lowest BCUT2D eigenvalue weighted by atomic mass is 9.94. The van der Waals surface area contributed by atoms with Crippen LogP contribution in [0.2, 0.25) is 0 Å². The maximum Gasteiger partial charge on any atom is 0.339 e. The van der Waals surface area contributed by atoms with E-state index in [9.17, 15) is 9.90 Å². The summed E-state index contributed by atoms with van der Waals surface area (Å²) in [5.74, 6) is -0.265. The van der Waals surface area contributed by atoms with Gasteiger partial charge in [0.25, 0.3) is 0 Å². The minimum Gasteiger partial charge on any atom is -0.478 e. The summed E-state index contributed by atoms with van der Waals surface area (Å²) in [5, 5.41) is 9.32. The number of nitrogens with zero attached hydrogens (tertiary/aromatic N) is 2. The fourth-order valence-corrected chi connectivity index (χ4v) is 2.51. The van der Waals surface area contributed by atoms with E-state index in [0.29, 0.717) is 11.4 Å². The van der Waals surface area contributed by atoms with Crippen molar-refractivity contribution in [3.63, 3.8) is 0 Å². The van der Waals surface area contributed by atoms with Crippen LogP contribution >= 0.6 is 0 Å². The smallest absolute Gasteiger partial charge is 0.339 e. The monoisotopic (exact) mass is 248 g/mol. The highest BCUT2D eigenvalue weighted by Gasteiger charge is 2.20. The number of anilines is 1. The highest BCUT2D eigenvalue weighted by atomic mass is 16.4. The van der Waals surface area contributed by atoms with Crippen molar-refractivity contribution in [1.82, 2.24) is 4.98 Å². The van der Waals surface area contributed by atoms with Crippen LogP contribution in [0.1, 0.15) is 47.8 Å². The van der Waals surface area contributed by atoms with Gasteiger partial charge in [-0.15, -0.1) is 0 Å². The van der Waals surface area contributed by atoms with E-state index in [1.54, 1.807) is 0 Å². The third-order valence-corrected chi connectivity index (χ3v) is 3.43. The number of carboxylic acids is 1. The fraction of sp³-hybridized carbons (Fsp3) is 0.571. The molecule has 0 spiro atoms. The number of aromatic nitrogens is 1. The maximum atomic E-state index is 11.3. The van der Waals surface area contributed by atoms with E-state index in [0.717, 1.165) is 49.9 Å². The summed E-state index contributed by atoms with van der Waals surface area (Å²) in [4.78, 5) is 17.9. The van der Waals surface area contributed by atoms with Crippen LogP contribution in [0.25, 0.3) is 0 Å². The van der Waals surface area contributed by atoms with Gasteiger partial charge in [0.05, 0.1) is 0 Å². The molecule has 1 aromatic rings. The number of rotatable bonds is 4. The zero-order valence-electron chi connectivity index (χ0n) is 11.1. The van der Waals surface area contributed by atoms with Crippen LogP contribution < -0.4 is 4.90 Å². The molecule has 18 heavy (non-hydrogen) atoms. The first-order valence-corrected chi connectivity index (χ1v) is 6.60. The molecule has 0 aromatic carbocycles. The molecule has 0 saturated heterocycles. The molecule has 0 bridgehead atoms. The Balaban J connectivity index is 2.45. The fourth-order valence-electron chi connectivity index (χ4n) is 2.51. The van der Waals surface area contributed by atoms with E-state index in [1.165, 1.54) is 0 Å². The summed E-state index contributed by atoms with van der Waals surface area (Å²) in [5.41, 5.74) is 2.54. The van der Waals surface area contributed by atoms with Gasteiger partial charge in [0.2, 0.25) is 0 Å². The summed E-state index contributed by atoms with van der Waals surface area (Å²) in [6.07, 6.45) is 5.21. The lowest BCUT2D eigenvalue weighted by Gasteiger charge is -2.23. The Hall–Kier alpha value is -1.58. The zero-order chi connectivity index (χ0) is 13.1. The number of carboxylic acid groups (broad SMARTS) is 1. The van der Waals surface area contributed by atoms with Crippen LogP contribution in [0.5, 0.6) is 0 Å². The SMILES string of the molecule is CCCN(C)c1nc2c(cc1C(=O)O)CCCC2. The van der Waals surface area contributed by atoms with Gasteiger partial charge < -0.3 is 10.0 Å². The van der Waals surface area contributed by atoms with E-state index < -0.39 is 5.97 Å². The van der Waals surface area contributed by atoms with E-state index in [4.69, 9.17) is 0 Å². The number of hydrogen-bond donors (Lipinski definition) is 1. The number of pyridine rings is 1. The van der Waals surface area contributed by atoms with Gasteiger partial charge in [0.15, 0.2) is 0 Å². The van der Waals surface area contributed by atoms with Crippen molar-refractivity contribution in [2.75, 3.05) is 18.5 Å². The van der Waals surface area contributed by atoms with Gasteiger partial charge in [0, 0.05) is 19.3 Å². The molecule has 98 valence electrons. The Bertz CT molecular complexity index is 457. The number of carbonyl (C=O) groups is 1. The van der Waals surface area contributed by atoms with Crippen LogP contribution in [0.3, 0.4) is 0 Å². The van der Waals surface area contributed by atoms with Crippen molar-refractivity contribution in [1.29, 1.82) is 0 Å². The second-order valence-corrected chi connectivity index (χ2v) is 4.90. The minimum atomic E-state index is -0.881. The van der Waals surface area contributed by atoms with E-state index >= 15 is 0 Å². The predicted molar refractivity (Wildman–Crippen MR) is 71.4 cm³/mol. The minimum absolute atomic E-state index is 0.339.